The smallest absolute Gasteiger partial charge is 0.254 e. The number of carbonyl (C=O) groups is 1. The lowest BCUT2D eigenvalue weighted by Crippen LogP contribution is -2.31. The van der Waals surface area contributed by atoms with E-state index >= 15 is 0 Å². The first-order valence-corrected chi connectivity index (χ1v) is 8.44. The van der Waals surface area contributed by atoms with Crippen LogP contribution in [0.3, 0.4) is 0 Å². The molecule has 26 heavy (non-hydrogen) atoms. The molecule has 5 heteroatoms. The summed E-state index contributed by atoms with van der Waals surface area (Å²) >= 11 is 0. The normalized spacial score (nSPS) is 10.5. The number of carbonyl (C=O) groups excluding carboxylic acids is 1. The Morgan fingerprint density at radius 2 is 1.92 bits per heavy atom. The van der Waals surface area contributed by atoms with Crippen LogP contribution in [-0.2, 0) is 6.54 Å². The van der Waals surface area contributed by atoms with E-state index in [9.17, 15) is 4.79 Å². The van der Waals surface area contributed by atoms with Crippen LogP contribution in [-0.4, -0.2) is 27.5 Å². The fourth-order valence-electron chi connectivity index (χ4n) is 2.62. The number of nitrogens with zero attached hydrogens (tertiary/aromatic N) is 3. The molecule has 3 aromatic rings. The van der Waals surface area contributed by atoms with Crippen LogP contribution >= 0.6 is 0 Å². The Labute approximate surface area is 153 Å². The fraction of sp³-hybridized carbons (Fsp3) is 0.190. The van der Waals surface area contributed by atoms with E-state index in [1.807, 2.05) is 62.4 Å². The number of aromatic nitrogens is 2. The van der Waals surface area contributed by atoms with Gasteiger partial charge in [0.25, 0.3) is 5.91 Å². The quantitative estimate of drug-likeness (QED) is 0.628. The van der Waals surface area contributed by atoms with Crippen molar-refractivity contribution in [2.75, 3.05) is 6.54 Å². The van der Waals surface area contributed by atoms with Gasteiger partial charge in [-0.15, -0.1) is 6.58 Å². The molecule has 3 rings (SSSR count). The van der Waals surface area contributed by atoms with E-state index in [-0.39, 0.29) is 12.5 Å². The van der Waals surface area contributed by atoms with Gasteiger partial charge in [0.2, 0.25) is 11.7 Å². The highest BCUT2D eigenvalue weighted by Gasteiger charge is 2.19. The number of amides is 1. The summed E-state index contributed by atoms with van der Waals surface area (Å²) in [5.41, 5.74) is 3.75. The van der Waals surface area contributed by atoms with Gasteiger partial charge in [0.05, 0.1) is 0 Å². The molecule has 0 fully saturated rings. The highest BCUT2D eigenvalue weighted by atomic mass is 16.5. The molecule has 0 atom stereocenters. The summed E-state index contributed by atoms with van der Waals surface area (Å²) in [5, 5.41) is 4.01. The maximum absolute atomic E-state index is 12.9. The second-order valence-electron chi connectivity index (χ2n) is 6.15. The van der Waals surface area contributed by atoms with E-state index in [1.54, 1.807) is 11.0 Å². The zero-order valence-electron chi connectivity index (χ0n) is 15.0. The van der Waals surface area contributed by atoms with Gasteiger partial charge in [0, 0.05) is 17.7 Å². The van der Waals surface area contributed by atoms with Gasteiger partial charge in [0.15, 0.2) is 0 Å². The molecular weight excluding hydrogens is 326 g/mol. The lowest BCUT2D eigenvalue weighted by molar-refractivity contribution is 0.0745. The average molecular weight is 347 g/mol. The Kier molecular flexibility index (Phi) is 5.27. The number of hydrogen-bond acceptors (Lipinski definition) is 4. The standard InChI is InChI=1S/C21H21N3O2/c1-4-12-24(21(25)18-11-10-15(2)16(3)13-18)14-19-22-20(23-26-19)17-8-6-5-7-9-17/h4-11,13H,1,12,14H2,2-3H3. The maximum atomic E-state index is 12.9. The molecule has 132 valence electrons. The molecule has 0 aliphatic rings. The van der Waals surface area contributed by atoms with Crippen LogP contribution in [0.25, 0.3) is 11.4 Å². The Hall–Kier alpha value is -3.21. The summed E-state index contributed by atoms with van der Waals surface area (Å²) in [4.78, 5) is 18.9. The van der Waals surface area contributed by atoms with Crippen molar-refractivity contribution in [2.24, 2.45) is 0 Å². The summed E-state index contributed by atoms with van der Waals surface area (Å²) in [6.45, 7) is 8.39. The number of aryl methyl sites for hydroxylation is 2. The van der Waals surface area contributed by atoms with Crippen molar-refractivity contribution in [3.8, 4) is 11.4 Å². The molecule has 0 N–H and O–H groups in total. The Morgan fingerprint density at radius 3 is 2.62 bits per heavy atom. The third-order valence-electron chi connectivity index (χ3n) is 4.22. The van der Waals surface area contributed by atoms with Gasteiger partial charge in [-0.2, -0.15) is 4.98 Å². The van der Waals surface area contributed by atoms with Gasteiger partial charge in [-0.3, -0.25) is 4.79 Å². The summed E-state index contributed by atoms with van der Waals surface area (Å²) in [6, 6.07) is 15.3. The lowest BCUT2D eigenvalue weighted by Gasteiger charge is -2.19. The van der Waals surface area contributed by atoms with Crippen LogP contribution < -0.4 is 0 Å². The summed E-state index contributed by atoms with van der Waals surface area (Å²) in [7, 11) is 0. The van der Waals surface area contributed by atoms with E-state index in [1.165, 1.54) is 0 Å². The molecule has 0 saturated carbocycles. The summed E-state index contributed by atoms with van der Waals surface area (Å²) in [5.74, 6) is 0.813. The zero-order valence-corrected chi connectivity index (χ0v) is 15.0. The lowest BCUT2D eigenvalue weighted by atomic mass is 10.1. The molecular formula is C21H21N3O2. The predicted molar refractivity (Wildman–Crippen MR) is 101 cm³/mol. The van der Waals surface area contributed by atoms with Crippen molar-refractivity contribution in [3.63, 3.8) is 0 Å². The summed E-state index contributed by atoms with van der Waals surface area (Å²) in [6.07, 6.45) is 1.69. The molecule has 0 saturated heterocycles. The number of hydrogen-bond donors (Lipinski definition) is 0. The Balaban J connectivity index is 1.80. The van der Waals surface area contributed by atoms with E-state index < -0.39 is 0 Å². The molecule has 1 heterocycles. The minimum atomic E-state index is -0.0903. The third-order valence-corrected chi connectivity index (χ3v) is 4.22. The van der Waals surface area contributed by atoms with Crippen LogP contribution in [0.4, 0.5) is 0 Å². The first-order chi connectivity index (χ1) is 12.6. The Bertz CT molecular complexity index is 916. The second-order valence-corrected chi connectivity index (χ2v) is 6.15. The molecule has 2 aromatic carbocycles. The molecule has 0 spiro atoms. The second kappa shape index (κ2) is 7.78. The van der Waals surface area contributed by atoms with Crippen LogP contribution in [0, 0.1) is 13.8 Å². The van der Waals surface area contributed by atoms with E-state index in [4.69, 9.17) is 4.52 Å². The number of rotatable bonds is 6. The molecule has 0 unspecified atom stereocenters. The van der Waals surface area contributed by atoms with E-state index in [0.717, 1.165) is 16.7 Å². The first-order valence-electron chi connectivity index (χ1n) is 8.44. The van der Waals surface area contributed by atoms with Crippen molar-refractivity contribution in [1.29, 1.82) is 0 Å². The van der Waals surface area contributed by atoms with Crippen molar-refractivity contribution in [2.45, 2.75) is 20.4 Å². The molecule has 0 aliphatic heterocycles. The minimum Gasteiger partial charge on any atom is -0.337 e. The monoisotopic (exact) mass is 347 g/mol. The molecule has 5 nitrogen and oxygen atoms in total. The number of benzene rings is 2. The van der Waals surface area contributed by atoms with Crippen LogP contribution in [0.15, 0.2) is 65.7 Å². The van der Waals surface area contributed by atoms with Crippen LogP contribution in [0.5, 0.6) is 0 Å². The maximum Gasteiger partial charge on any atom is 0.254 e. The topological polar surface area (TPSA) is 59.2 Å². The van der Waals surface area contributed by atoms with Gasteiger partial charge < -0.3 is 9.42 Å². The molecule has 0 radical (unpaired) electrons. The molecule has 0 bridgehead atoms. The van der Waals surface area contributed by atoms with Crippen molar-refractivity contribution < 1.29 is 9.32 Å². The Morgan fingerprint density at radius 1 is 1.15 bits per heavy atom. The molecule has 0 aliphatic carbocycles. The van der Waals surface area contributed by atoms with Gasteiger partial charge in [-0.25, -0.2) is 0 Å². The van der Waals surface area contributed by atoms with Crippen molar-refractivity contribution >= 4 is 5.91 Å². The highest BCUT2D eigenvalue weighted by molar-refractivity contribution is 5.94. The molecule has 1 aromatic heterocycles. The van der Waals surface area contributed by atoms with Crippen molar-refractivity contribution in [3.05, 3.63) is 83.8 Å². The SMILES string of the molecule is C=CCN(Cc1nc(-c2ccccc2)no1)C(=O)c1ccc(C)c(C)c1. The minimum absolute atomic E-state index is 0.0903. The van der Waals surface area contributed by atoms with E-state index in [2.05, 4.69) is 16.7 Å². The highest BCUT2D eigenvalue weighted by Crippen LogP contribution is 2.17. The third kappa shape index (κ3) is 3.88. The van der Waals surface area contributed by atoms with Crippen LogP contribution in [0.2, 0.25) is 0 Å². The van der Waals surface area contributed by atoms with Gasteiger partial charge >= 0.3 is 0 Å². The van der Waals surface area contributed by atoms with E-state index in [0.29, 0.717) is 23.8 Å². The molecule has 1 amide bonds. The predicted octanol–water partition coefficient (Wildman–Crippen LogP) is 4.18. The summed E-state index contributed by atoms with van der Waals surface area (Å²) < 4.78 is 5.34. The largest absolute Gasteiger partial charge is 0.337 e. The van der Waals surface area contributed by atoms with Crippen LogP contribution in [0.1, 0.15) is 27.4 Å². The fourth-order valence-corrected chi connectivity index (χ4v) is 2.62. The van der Waals surface area contributed by atoms with Gasteiger partial charge in [-0.05, 0) is 37.1 Å². The van der Waals surface area contributed by atoms with Gasteiger partial charge in [0.1, 0.15) is 6.54 Å². The zero-order chi connectivity index (χ0) is 18.5. The van der Waals surface area contributed by atoms with Gasteiger partial charge in [-0.1, -0.05) is 47.6 Å². The van der Waals surface area contributed by atoms with Crippen molar-refractivity contribution in [1.82, 2.24) is 15.0 Å². The average Bonchev–Trinajstić information content (AvgIpc) is 3.12. The first kappa shape index (κ1) is 17.6.